The minimum absolute atomic E-state index is 0.0686. The van der Waals surface area contributed by atoms with Gasteiger partial charge in [0.15, 0.2) is 0 Å². The average Bonchev–Trinajstić information content (AvgIpc) is 2.62. The largest absolute Gasteiger partial charge is 0.311 e. The summed E-state index contributed by atoms with van der Waals surface area (Å²) < 4.78 is 12.9. The lowest BCUT2D eigenvalue weighted by Crippen LogP contribution is -2.13. The van der Waals surface area contributed by atoms with Crippen molar-refractivity contribution in [2.75, 3.05) is 5.32 Å². The van der Waals surface area contributed by atoms with Crippen LogP contribution in [0.15, 0.2) is 72.9 Å². The predicted octanol–water partition coefficient (Wildman–Crippen LogP) is 4.46. The van der Waals surface area contributed by atoms with E-state index < -0.39 is 0 Å². The normalized spacial score (nSPS) is 10.4. The van der Waals surface area contributed by atoms with Crippen LogP contribution in [0.1, 0.15) is 12.0 Å². The van der Waals surface area contributed by atoms with Crippen LogP contribution in [0.4, 0.5) is 10.2 Å². The Bertz CT molecular complexity index is 799. The molecule has 0 atom stereocenters. The first kappa shape index (κ1) is 15.9. The highest BCUT2D eigenvalue weighted by molar-refractivity contribution is 5.90. The molecule has 3 aromatic rings. The number of anilines is 1. The number of pyridine rings is 1. The molecule has 0 aliphatic carbocycles. The highest BCUT2D eigenvalue weighted by Crippen LogP contribution is 2.20. The number of nitrogens with zero attached hydrogens (tertiary/aromatic N) is 1. The van der Waals surface area contributed by atoms with Crippen LogP contribution in [0.3, 0.4) is 0 Å². The molecule has 0 bridgehead atoms. The van der Waals surface area contributed by atoms with E-state index in [2.05, 4.69) is 10.3 Å². The summed E-state index contributed by atoms with van der Waals surface area (Å²) >= 11 is 0. The molecule has 1 amide bonds. The summed E-state index contributed by atoms with van der Waals surface area (Å²) in [6.45, 7) is 0. The van der Waals surface area contributed by atoms with Gasteiger partial charge in [0.25, 0.3) is 0 Å². The van der Waals surface area contributed by atoms with Gasteiger partial charge in [0.2, 0.25) is 5.91 Å². The van der Waals surface area contributed by atoms with Gasteiger partial charge in [-0.3, -0.25) is 4.79 Å². The monoisotopic (exact) mass is 320 g/mol. The van der Waals surface area contributed by atoms with E-state index >= 15 is 0 Å². The molecule has 0 saturated carbocycles. The zero-order valence-corrected chi connectivity index (χ0v) is 13.1. The van der Waals surface area contributed by atoms with Gasteiger partial charge < -0.3 is 5.32 Å². The molecule has 0 aliphatic rings. The fourth-order valence-corrected chi connectivity index (χ4v) is 2.39. The lowest BCUT2D eigenvalue weighted by Gasteiger charge is -2.06. The number of aryl methyl sites for hydroxylation is 1. The topological polar surface area (TPSA) is 42.0 Å². The van der Waals surface area contributed by atoms with Gasteiger partial charge in [-0.2, -0.15) is 0 Å². The van der Waals surface area contributed by atoms with E-state index in [0.29, 0.717) is 18.7 Å². The number of aromatic nitrogens is 1. The molecule has 3 rings (SSSR count). The Hall–Kier alpha value is -3.01. The molecule has 1 aromatic heterocycles. The smallest absolute Gasteiger partial charge is 0.225 e. The number of carbonyl (C=O) groups is 1. The van der Waals surface area contributed by atoms with Crippen LogP contribution in [0, 0.1) is 5.82 Å². The molecular formula is C20H17FN2O. The maximum atomic E-state index is 12.9. The zero-order valence-electron chi connectivity index (χ0n) is 13.1. The molecule has 120 valence electrons. The van der Waals surface area contributed by atoms with E-state index in [-0.39, 0.29) is 11.7 Å². The Balaban J connectivity index is 1.57. The van der Waals surface area contributed by atoms with Crippen LogP contribution < -0.4 is 5.32 Å². The number of amides is 1. The molecule has 0 fully saturated rings. The molecule has 1 N–H and O–H groups in total. The van der Waals surface area contributed by atoms with E-state index in [1.807, 2.05) is 36.4 Å². The number of rotatable bonds is 5. The molecule has 0 saturated heterocycles. The van der Waals surface area contributed by atoms with Crippen molar-refractivity contribution in [3.63, 3.8) is 0 Å². The predicted molar refractivity (Wildman–Crippen MR) is 93.0 cm³/mol. The first-order valence-corrected chi connectivity index (χ1v) is 7.76. The fraction of sp³-hybridized carbons (Fsp3) is 0.100. The first-order chi connectivity index (χ1) is 11.7. The summed E-state index contributed by atoms with van der Waals surface area (Å²) in [4.78, 5) is 16.2. The van der Waals surface area contributed by atoms with Crippen molar-refractivity contribution in [2.24, 2.45) is 0 Å². The number of halogens is 1. The van der Waals surface area contributed by atoms with Gasteiger partial charge in [-0.1, -0.05) is 42.5 Å². The second-order valence-corrected chi connectivity index (χ2v) is 5.47. The fourth-order valence-electron chi connectivity index (χ4n) is 2.39. The molecule has 1 heterocycles. The third-order valence-corrected chi connectivity index (χ3v) is 3.69. The lowest BCUT2D eigenvalue weighted by molar-refractivity contribution is -0.116. The van der Waals surface area contributed by atoms with Crippen molar-refractivity contribution in [3.8, 4) is 11.1 Å². The maximum Gasteiger partial charge on any atom is 0.225 e. The molecule has 3 nitrogen and oxygen atoms in total. The Labute approximate surface area is 140 Å². The van der Waals surface area contributed by atoms with Crippen molar-refractivity contribution in [2.45, 2.75) is 12.8 Å². The third kappa shape index (κ3) is 4.26. The van der Waals surface area contributed by atoms with Crippen LogP contribution in [-0.2, 0) is 11.2 Å². The standard InChI is InChI=1S/C20H17FN2O/c21-18-10-7-16(8-11-18)17-9-12-19(22-14-17)23-20(24)13-6-15-4-2-1-3-5-15/h1-5,7-12,14H,6,13H2,(H,22,23,24). The third-order valence-electron chi connectivity index (χ3n) is 3.69. The number of hydrogen-bond acceptors (Lipinski definition) is 2. The van der Waals surface area contributed by atoms with Crippen molar-refractivity contribution in [1.29, 1.82) is 0 Å². The summed E-state index contributed by atoms with van der Waals surface area (Å²) in [5.41, 5.74) is 2.88. The highest BCUT2D eigenvalue weighted by atomic mass is 19.1. The van der Waals surface area contributed by atoms with E-state index in [9.17, 15) is 9.18 Å². The van der Waals surface area contributed by atoms with E-state index in [4.69, 9.17) is 0 Å². The number of carbonyl (C=O) groups excluding carboxylic acids is 1. The summed E-state index contributed by atoms with van der Waals surface area (Å²) in [5, 5.41) is 2.79. The van der Waals surface area contributed by atoms with Gasteiger partial charge in [0, 0.05) is 18.2 Å². The Morgan fingerprint density at radius 1 is 0.917 bits per heavy atom. The summed E-state index contributed by atoms with van der Waals surface area (Å²) in [6.07, 6.45) is 2.77. The second-order valence-electron chi connectivity index (χ2n) is 5.47. The molecule has 24 heavy (non-hydrogen) atoms. The lowest BCUT2D eigenvalue weighted by atomic mass is 10.1. The average molecular weight is 320 g/mol. The van der Waals surface area contributed by atoms with E-state index in [1.165, 1.54) is 12.1 Å². The zero-order chi connectivity index (χ0) is 16.8. The number of benzene rings is 2. The quantitative estimate of drug-likeness (QED) is 0.754. The SMILES string of the molecule is O=C(CCc1ccccc1)Nc1ccc(-c2ccc(F)cc2)cn1. The van der Waals surface area contributed by atoms with Crippen molar-refractivity contribution >= 4 is 11.7 Å². The summed E-state index contributed by atoms with van der Waals surface area (Å²) in [6, 6.07) is 19.7. The van der Waals surface area contributed by atoms with Gasteiger partial charge in [0.05, 0.1) is 0 Å². The Morgan fingerprint density at radius 3 is 2.29 bits per heavy atom. The van der Waals surface area contributed by atoms with Crippen molar-refractivity contribution < 1.29 is 9.18 Å². The first-order valence-electron chi connectivity index (χ1n) is 7.76. The number of hydrogen-bond donors (Lipinski definition) is 1. The van der Waals surface area contributed by atoms with Gasteiger partial charge in [-0.25, -0.2) is 9.37 Å². The maximum absolute atomic E-state index is 12.9. The summed E-state index contributed by atoms with van der Waals surface area (Å²) in [7, 11) is 0. The van der Waals surface area contributed by atoms with E-state index in [0.717, 1.165) is 16.7 Å². The molecule has 0 spiro atoms. The van der Waals surface area contributed by atoms with E-state index in [1.54, 1.807) is 24.4 Å². The van der Waals surface area contributed by atoms with Gasteiger partial charge in [-0.05, 0) is 41.8 Å². The highest BCUT2D eigenvalue weighted by Gasteiger charge is 2.05. The molecule has 4 heteroatoms. The minimum atomic E-state index is -0.269. The second kappa shape index (κ2) is 7.51. The molecule has 0 unspecified atom stereocenters. The van der Waals surface area contributed by atoms with Crippen LogP contribution in [-0.4, -0.2) is 10.9 Å². The molecule has 0 aliphatic heterocycles. The Morgan fingerprint density at radius 2 is 1.62 bits per heavy atom. The van der Waals surface area contributed by atoms with Gasteiger partial charge >= 0.3 is 0 Å². The van der Waals surface area contributed by atoms with Crippen LogP contribution in [0.25, 0.3) is 11.1 Å². The van der Waals surface area contributed by atoms with Gasteiger partial charge in [0.1, 0.15) is 11.6 Å². The summed E-state index contributed by atoms with van der Waals surface area (Å²) in [5.74, 6) is 0.175. The minimum Gasteiger partial charge on any atom is -0.311 e. The van der Waals surface area contributed by atoms with Crippen molar-refractivity contribution in [1.82, 2.24) is 4.98 Å². The Kier molecular flexibility index (Phi) is 4.96. The van der Waals surface area contributed by atoms with Gasteiger partial charge in [-0.15, -0.1) is 0 Å². The number of nitrogens with one attached hydrogen (secondary N) is 1. The van der Waals surface area contributed by atoms with Crippen LogP contribution in [0.2, 0.25) is 0 Å². The molecule has 2 aromatic carbocycles. The molecule has 0 radical (unpaired) electrons. The van der Waals surface area contributed by atoms with Crippen LogP contribution in [0.5, 0.6) is 0 Å². The molecular weight excluding hydrogens is 303 g/mol. The van der Waals surface area contributed by atoms with Crippen molar-refractivity contribution in [3.05, 3.63) is 84.3 Å². The van der Waals surface area contributed by atoms with Crippen LogP contribution >= 0.6 is 0 Å².